The number of anilines is 4. The normalized spacial score (nSPS) is 10.1. The van der Waals surface area contributed by atoms with E-state index in [-0.39, 0.29) is 11.3 Å². The molecule has 0 fully saturated rings. The van der Waals surface area contributed by atoms with Crippen LogP contribution in [0.15, 0.2) is 46.9 Å². The third kappa shape index (κ3) is 3.26. The molecule has 0 atom stereocenters. The number of halogens is 1. The third-order valence-electron chi connectivity index (χ3n) is 3.03. The molecule has 0 aliphatic carbocycles. The van der Waals surface area contributed by atoms with Gasteiger partial charge in [0.2, 0.25) is 0 Å². The van der Waals surface area contributed by atoms with Crippen molar-refractivity contribution in [2.45, 2.75) is 0 Å². The van der Waals surface area contributed by atoms with Gasteiger partial charge in [-0.25, -0.2) is 0 Å². The van der Waals surface area contributed by atoms with Gasteiger partial charge in [-0.05, 0) is 40.2 Å². The van der Waals surface area contributed by atoms with Crippen molar-refractivity contribution < 1.29 is 5.11 Å². The number of nitrogens with one attached hydrogen (secondary N) is 2. The van der Waals surface area contributed by atoms with Gasteiger partial charge in [0, 0.05) is 4.47 Å². The predicted octanol–water partition coefficient (Wildman–Crippen LogP) is 4.37. The Hall–Kier alpha value is -2.63. The molecule has 8 heteroatoms. The SMILES string of the molecule is N#Cc1cccc(Nc2nsnc2Nc2ccccc2Br)c1O. The second-order valence-corrected chi connectivity index (χ2v) is 5.89. The molecule has 2 aromatic carbocycles. The molecule has 3 rings (SSSR count). The van der Waals surface area contributed by atoms with Gasteiger partial charge >= 0.3 is 0 Å². The maximum Gasteiger partial charge on any atom is 0.189 e. The Bertz CT molecular complexity index is 890. The average molecular weight is 388 g/mol. The summed E-state index contributed by atoms with van der Waals surface area (Å²) in [7, 11) is 0. The molecule has 0 aliphatic rings. The van der Waals surface area contributed by atoms with Gasteiger partial charge in [0.15, 0.2) is 17.4 Å². The summed E-state index contributed by atoms with van der Waals surface area (Å²) in [6, 6.07) is 14.5. The first-order valence-electron chi connectivity index (χ1n) is 6.52. The lowest BCUT2D eigenvalue weighted by Crippen LogP contribution is -1.98. The molecule has 0 unspecified atom stereocenters. The molecule has 3 aromatic rings. The fraction of sp³-hybridized carbons (Fsp3) is 0. The van der Waals surface area contributed by atoms with Crippen LogP contribution >= 0.6 is 27.7 Å². The van der Waals surface area contributed by atoms with Crippen molar-refractivity contribution >= 4 is 50.7 Å². The Morgan fingerprint density at radius 1 is 1.00 bits per heavy atom. The molecule has 0 saturated carbocycles. The Morgan fingerprint density at radius 2 is 1.65 bits per heavy atom. The van der Waals surface area contributed by atoms with E-state index in [1.807, 2.05) is 30.3 Å². The number of nitriles is 1. The van der Waals surface area contributed by atoms with Gasteiger partial charge in [0.25, 0.3) is 0 Å². The minimum atomic E-state index is -0.116. The lowest BCUT2D eigenvalue weighted by Gasteiger charge is -2.10. The molecule has 0 aliphatic heterocycles. The van der Waals surface area contributed by atoms with E-state index in [1.165, 1.54) is 0 Å². The number of nitrogens with zero attached hydrogens (tertiary/aromatic N) is 3. The fourth-order valence-electron chi connectivity index (χ4n) is 1.90. The first-order valence-corrected chi connectivity index (χ1v) is 8.04. The topological polar surface area (TPSA) is 93.9 Å². The van der Waals surface area contributed by atoms with Crippen molar-refractivity contribution in [2.24, 2.45) is 0 Å². The van der Waals surface area contributed by atoms with E-state index in [0.29, 0.717) is 17.3 Å². The third-order valence-corrected chi connectivity index (χ3v) is 4.24. The molecule has 0 spiro atoms. The van der Waals surface area contributed by atoms with Crippen molar-refractivity contribution in [1.29, 1.82) is 5.26 Å². The smallest absolute Gasteiger partial charge is 0.189 e. The van der Waals surface area contributed by atoms with Gasteiger partial charge in [0.1, 0.15) is 6.07 Å². The minimum Gasteiger partial charge on any atom is -0.504 e. The molecular formula is C15H10BrN5OS. The summed E-state index contributed by atoms with van der Waals surface area (Å²) in [5.74, 6) is 0.884. The van der Waals surface area contributed by atoms with Gasteiger partial charge in [0.05, 0.1) is 28.7 Å². The van der Waals surface area contributed by atoms with Crippen molar-refractivity contribution in [1.82, 2.24) is 8.75 Å². The van der Waals surface area contributed by atoms with Crippen LogP contribution in [-0.2, 0) is 0 Å². The number of hydrogen-bond acceptors (Lipinski definition) is 7. The summed E-state index contributed by atoms with van der Waals surface area (Å²) in [4.78, 5) is 0. The van der Waals surface area contributed by atoms with Crippen LogP contribution in [0.2, 0.25) is 0 Å². The summed E-state index contributed by atoms with van der Waals surface area (Å²) in [5.41, 5.74) is 1.43. The second kappa shape index (κ2) is 6.64. The molecule has 6 nitrogen and oxygen atoms in total. The van der Waals surface area contributed by atoms with Gasteiger partial charge in [-0.3, -0.25) is 0 Å². The highest BCUT2D eigenvalue weighted by molar-refractivity contribution is 9.10. The van der Waals surface area contributed by atoms with Crippen LogP contribution in [-0.4, -0.2) is 13.9 Å². The van der Waals surface area contributed by atoms with E-state index < -0.39 is 0 Å². The molecule has 114 valence electrons. The second-order valence-electron chi connectivity index (χ2n) is 4.50. The minimum absolute atomic E-state index is 0.116. The average Bonchev–Trinajstić information content (AvgIpc) is 2.99. The number of hydrogen-bond donors (Lipinski definition) is 3. The van der Waals surface area contributed by atoms with Crippen LogP contribution in [0.4, 0.5) is 23.0 Å². The first kappa shape index (κ1) is 15.3. The van der Waals surface area contributed by atoms with Crippen LogP contribution in [0.1, 0.15) is 5.56 Å². The highest BCUT2D eigenvalue weighted by atomic mass is 79.9. The zero-order valence-electron chi connectivity index (χ0n) is 11.6. The maximum atomic E-state index is 10.1. The molecule has 0 amide bonds. The highest BCUT2D eigenvalue weighted by Crippen LogP contribution is 2.33. The molecule has 0 radical (unpaired) electrons. The molecule has 1 aromatic heterocycles. The lowest BCUT2D eigenvalue weighted by atomic mass is 10.2. The van der Waals surface area contributed by atoms with Gasteiger partial charge in [-0.15, -0.1) is 0 Å². The number of aromatic nitrogens is 2. The quantitative estimate of drug-likeness (QED) is 0.575. The Balaban J connectivity index is 1.88. The Kier molecular flexibility index (Phi) is 4.41. The van der Waals surface area contributed by atoms with E-state index in [9.17, 15) is 5.11 Å². The highest BCUT2D eigenvalue weighted by Gasteiger charge is 2.13. The summed E-state index contributed by atoms with van der Waals surface area (Å²) in [6.07, 6.45) is 0. The molecule has 3 N–H and O–H groups in total. The van der Waals surface area contributed by atoms with E-state index in [4.69, 9.17) is 5.26 Å². The standard InChI is InChI=1S/C15H10BrN5OS/c16-10-5-1-2-6-11(10)18-14-15(21-23-20-14)19-12-7-3-4-9(8-17)13(12)22/h1-7,22H,(H,18,20)(H,19,21). The first-order chi connectivity index (χ1) is 11.2. The number of phenolic OH excluding ortho intramolecular Hbond substituents is 1. The number of rotatable bonds is 4. The van der Waals surface area contributed by atoms with E-state index >= 15 is 0 Å². The summed E-state index contributed by atoms with van der Waals surface area (Å²) in [5, 5.41) is 25.2. The monoisotopic (exact) mass is 387 g/mol. The zero-order valence-corrected chi connectivity index (χ0v) is 14.0. The van der Waals surface area contributed by atoms with Crippen molar-refractivity contribution in [2.75, 3.05) is 10.6 Å². The maximum absolute atomic E-state index is 10.1. The van der Waals surface area contributed by atoms with E-state index in [1.54, 1.807) is 18.2 Å². The fourth-order valence-corrected chi connectivity index (χ4v) is 2.76. The molecular weight excluding hydrogens is 378 g/mol. The van der Waals surface area contributed by atoms with Crippen LogP contribution in [0.25, 0.3) is 0 Å². The van der Waals surface area contributed by atoms with Crippen molar-refractivity contribution in [3.8, 4) is 11.8 Å². The van der Waals surface area contributed by atoms with Gasteiger partial charge < -0.3 is 15.7 Å². The number of phenols is 1. The molecule has 1 heterocycles. The van der Waals surface area contributed by atoms with E-state index in [0.717, 1.165) is 21.9 Å². The lowest BCUT2D eigenvalue weighted by molar-refractivity contribution is 0.476. The van der Waals surface area contributed by atoms with Crippen molar-refractivity contribution in [3.63, 3.8) is 0 Å². The van der Waals surface area contributed by atoms with Crippen LogP contribution in [0, 0.1) is 11.3 Å². The Morgan fingerprint density at radius 3 is 2.35 bits per heavy atom. The Labute approximate surface area is 144 Å². The number of aromatic hydroxyl groups is 1. The van der Waals surface area contributed by atoms with Crippen LogP contribution in [0.3, 0.4) is 0 Å². The van der Waals surface area contributed by atoms with Crippen molar-refractivity contribution in [3.05, 3.63) is 52.5 Å². The number of benzene rings is 2. The zero-order chi connectivity index (χ0) is 16.2. The summed E-state index contributed by atoms with van der Waals surface area (Å²) < 4.78 is 9.29. The molecule has 0 saturated heterocycles. The molecule has 23 heavy (non-hydrogen) atoms. The van der Waals surface area contributed by atoms with Gasteiger partial charge in [-0.2, -0.15) is 14.0 Å². The van der Waals surface area contributed by atoms with Crippen LogP contribution < -0.4 is 10.6 Å². The largest absolute Gasteiger partial charge is 0.504 e. The van der Waals surface area contributed by atoms with Gasteiger partial charge in [-0.1, -0.05) is 18.2 Å². The van der Waals surface area contributed by atoms with E-state index in [2.05, 4.69) is 35.3 Å². The predicted molar refractivity (Wildman–Crippen MR) is 93.4 cm³/mol. The number of para-hydroxylation sites is 2. The summed E-state index contributed by atoms with van der Waals surface area (Å²) >= 11 is 4.50. The summed E-state index contributed by atoms with van der Waals surface area (Å²) in [6.45, 7) is 0. The molecule has 0 bridgehead atoms. The van der Waals surface area contributed by atoms with Crippen LogP contribution in [0.5, 0.6) is 5.75 Å².